The van der Waals surface area contributed by atoms with Gasteiger partial charge in [-0.05, 0) is 83.1 Å². The highest BCUT2D eigenvalue weighted by molar-refractivity contribution is 5.87. The number of carbonyl (C=O) groups is 9. The second kappa shape index (κ2) is 57.9. The summed E-state index contributed by atoms with van der Waals surface area (Å²) in [6, 6.07) is 0. The summed E-state index contributed by atoms with van der Waals surface area (Å²) in [5.74, 6) is -0.297. The van der Waals surface area contributed by atoms with Crippen LogP contribution >= 0.6 is 0 Å². The summed E-state index contributed by atoms with van der Waals surface area (Å²) < 4.78 is 18.3. The fourth-order valence-corrected chi connectivity index (χ4v) is 8.93. The Morgan fingerprint density at radius 3 is 0.965 bits per heavy atom. The third-order valence-electron chi connectivity index (χ3n) is 14.0. The van der Waals surface area contributed by atoms with Gasteiger partial charge in [-0.2, -0.15) is 0 Å². The molecule has 0 fully saturated rings. The molecule has 0 saturated carbocycles. The Morgan fingerprint density at radius 2 is 0.624 bits per heavy atom. The Labute approximate surface area is 512 Å². The minimum absolute atomic E-state index is 0.00473. The molecule has 0 aliphatic carbocycles. The lowest BCUT2D eigenvalue weighted by Crippen LogP contribution is -2.58. The van der Waals surface area contributed by atoms with Crippen molar-refractivity contribution in [2.45, 2.75) is 246 Å². The molecule has 0 radical (unpaired) electrons. The van der Waals surface area contributed by atoms with Crippen LogP contribution in [0.2, 0.25) is 0 Å². The van der Waals surface area contributed by atoms with Crippen molar-refractivity contribution < 1.29 is 57.4 Å². The van der Waals surface area contributed by atoms with Crippen molar-refractivity contribution in [3.05, 3.63) is 12.2 Å². The molecule has 9 amide bonds. The molecule has 0 atom stereocenters. The second-order valence-corrected chi connectivity index (χ2v) is 22.8. The molecule has 0 unspecified atom stereocenters. The number of rotatable bonds is 60. The predicted octanol–water partition coefficient (Wildman–Crippen LogP) is 7.58. The maximum atomic E-state index is 13.8. The van der Waals surface area contributed by atoms with Gasteiger partial charge in [-0.25, -0.2) is 0 Å². The third-order valence-corrected chi connectivity index (χ3v) is 14.0. The van der Waals surface area contributed by atoms with Gasteiger partial charge in [0.1, 0.15) is 5.54 Å². The zero-order chi connectivity index (χ0) is 62.7. The zero-order valence-corrected chi connectivity index (χ0v) is 53.7. The molecule has 0 heterocycles. The molecule has 0 spiro atoms. The number of allylic oxidation sites excluding steroid dienone is 1. The summed E-state index contributed by atoms with van der Waals surface area (Å²) in [6.07, 6.45) is 27.2. The van der Waals surface area contributed by atoms with E-state index in [1.165, 1.54) is 6.08 Å². The summed E-state index contributed by atoms with van der Waals surface area (Å²) in [5, 5.41) is 26.3. The van der Waals surface area contributed by atoms with Crippen LogP contribution < -0.4 is 47.9 Å². The first kappa shape index (κ1) is 79.8. The van der Waals surface area contributed by atoms with Crippen LogP contribution in [0.5, 0.6) is 0 Å². The number of nitrogens with one attached hydrogen (secondary N) is 9. The van der Waals surface area contributed by atoms with Crippen LogP contribution in [0, 0.1) is 5.92 Å². The lowest BCUT2D eigenvalue weighted by atomic mass is 10.0. The molecule has 0 aromatic heterocycles. The van der Waals surface area contributed by atoms with Crippen LogP contribution in [0.1, 0.15) is 240 Å². The summed E-state index contributed by atoms with van der Waals surface area (Å²) in [6.45, 7) is 14.0. The van der Waals surface area contributed by atoms with Gasteiger partial charge in [-0.3, -0.25) is 43.2 Å². The molecular weight excluding hydrogens is 1090 g/mol. The normalized spacial score (nSPS) is 11.3. The first-order valence-electron chi connectivity index (χ1n) is 33.0. The number of amides is 9. The van der Waals surface area contributed by atoms with Crippen LogP contribution in [-0.4, -0.2) is 151 Å². The number of hydrogen-bond acceptors (Lipinski definition) is 12. The molecule has 0 bridgehead atoms. The Bertz CT molecular complexity index is 1750. The van der Waals surface area contributed by atoms with E-state index >= 15 is 0 Å². The van der Waals surface area contributed by atoms with Crippen LogP contribution in [-0.2, 0) is 57.4 Å². The lowest BCUT2D eigenvalue weighted by molar-refractivity contribution is -0.130. The van der Waals surface area contributed by atoms with E-state index in [0.717, 1.165) is 128 Å². The first-order chi connectivity index (χ1) is 41.1. The molecule has 0 aromatic rings. The van der Waals surface area contributed by atoms with E-state index in [-0.39, 0.29) is 118 Å². The van der Waals surface area contributed by atoms with Gasteiger partial charge in [0.15, 0.2) is 0 Å². The van der Waals surface area contributed by atoms with E-state index in [2.05, 4.69) is 75.5 Å². The Hall–Kier alpha value is -5.15. The van der Waals surface area contributed by atoms with Crippen molar-refractivity contribution in [2.75, 3.05) is 92.0 Å². The molecule has 0 saturated heterocycles. The van der Waals surface area contributed by atoms with Crippen molar-refractivity contribution in [1.82, 2.24) is 47.9 Å². The minimum Gasteiger partial charge on any atom is -0.378 e. The van der Waals surface area contributed by atoms with Gasteiger partial charge in [0.2, 0.25) is 53.2 Å². The summed E-state index contributed by atoms with van der Waals surface area (Å²) >= 11 is 0. The minimum atomic E-state index is -1.25. The molecule has 9 N–H and O–H groups in total. The Kier molecular flexibility index (Phi) is 54.4. The number of unbranched alkanes of at least 4 members (excludes halogenated alkanes) is 15. The monoisotopic (exact) mass is 1210 g/mol. The van der Waals surface area contributed by atoms with Gasteiger partial charge in [-0.15, -0.1) is 0 Å². The van der Waals surface area contributed by atoms with Crippen molar-refractivity contribution in [2.24, 2.45) is 5.92 Å². The maximum absolute atomic E-state index is 13.8. The quantitative estimate of drug-likeness (QED) is 0.0211. The Balaban J connectivity index is 5.46. The molecule has 0 aliphatic heterocycles. The summed E-state index contributed by atoms with van der Waals surface area (Å²) in [5.41, 5.74) is -1.25. The average Bonchev–Trinajstić information content (AvgIpc) is 3.68. The first-order valence-corrected chi connectivity index (χ1v) is 33.0. The van der Waals surface area contributed by atoms with E-state index in [1.54, 1.807) is 6.08 Å². The molecule has 21 heteroatoms. The van der Waals surface area contributed by atoms with Crippen molar-refractivity contribution >= 4 is 53.2 Å². The number of carbonyl (C=O) groups excluding carboxylic acids is 9. The fraction of sp³-hybridized carbons (Fsp3) is 0.828. The summed E-state index contributed by atoms with van der Waals surface area (Å²) in [4.78, 5) is 112. The van der Waals surface area contributed by atoms with E-state index in [0.29, 0.717) is 110 Å². The van der Waals surface area contributed by atoms with Crippen LogP contribution in [0.3, 0.4) is 0 Å². The average molecular weight is 1210 g/mol. The van der Waals surface area contributed by atoms with E-state index in [1.807, 2.05) is 6.92 Å². The standard InChI is InChI=1S/C64H119N9O12/c1-6-9-19-32-56(75)67-42-27-45-70-60(79)37-48-83-51-64(52-84-49-38-61(80)71-46-28-43-68-57(76)33-20-10-7-2,53-85-50-39-62(81)72-47-29-44-69-59(78)35-24-23-31-54(4)5)73-63(82)36-22-16-14-12-11-13-15-21-34-58(77)66-41-26-18-17-25-40-65-55(74)30-8-3/h8,30,54H,6-7,9-29,31-53H2,1-5H3,(H,65,74)(H,66,77)(H,67,75)(H,68,76)(H,69,78)(H,70,79)(H,71,80)(H,72,81)(H,73,82)/b30-8+. The molecule has 21 nitrogen and oxygen atoms in total. The van der Waals surface area contributed by atoms with Gasteiger partial charge >= 0.3 is 0 Å². The van der Waals surface area contributed by atoms with Crippen molar-refractivity contribution in [3.8, 4) is 0 Å². The van der Waals surface area contributed by atoms with E-state index < -0.39 is 5.54 Å². The lowest BCUT2D eigenvalue weighted by Gasteiger charge is -2.34. The Morgan fingerprint density at radius 1 is 0.341 bits per heavy atom. The van der Waals surface area contributed by atoms with E-state index in [9.17, 15) is 43.2 Å². The number of hydrogen-bond donors (Lipinski definition) is 9. The van der Waals surface area contributed by atoms with Gasteiger partial charge in [0.25, 0.3) is 0 Å². The van der Waals surface area contributed by atoms with Gasteiger partial charge in [0, 0.05) is 104 Å². The molecule has 85 heavy (non-hydrogen) atoms. The van der Waals surface area contributed by atoms with Crippen LogP contribution in [0.4, 0.5) is 0 Å². The molecule has 0 aromatic carbocycles. The molecule has 492 valence electrons. The summed E-state index contributed by atoms with van der Waals surface area (Å²) in [7, 11) is 0. The van der Waals surface area contributed by atoms with Gasteiger partial charge < -0.3 is 62.1 Å². The second-order valence-electron chi connectivity index (χ2n) is 22.8. The topological polar surface area (TPSA) is 290 Å². The highest BCUT2D eigenvalue weighted by Crippen LogP contribution is 2.15. The highest BCUT2D eigenvalue weighted by Gasteiger charge is 2.34. The smallest absolute Gasteiger partial charge is 0.243 e. The van der Waals surface area contributed by atoms with Gasteiger partial charge in [-0.1, -0.05) is 124 Å². The maximum Gasteiger partial charge on any atom is 0.243 e. The largest absolute Gasteiger partial charge is 0.378 e. The van der Waals surface area contributed by atoms with Crippen molar-refractivity contribution in [3.63, 3.8) is 0 Å². The van der Waals surface area contributed by atoms with E-state index in [4.69, 9.17) is 14.2 Å². The molecule has 0 aliphatic rings. The van der Waals surface area contributed by atoms with Crippen molar-refractivity contribution in [1.29, 1.82) is 0 Å². The molecular formula is C64H119N9O12. The van der Waals surface area contributed by atoms with Gasteiger partial charge in [0.05, 0.1) is 39.6 Å². The third kappa shape index (κ3) is 55.2. The van der Waals surface area contributed by atoms with Crippen LogP contribution in [0.25, 0.3) is 0 Å². The highest BCUT2D eigenvalue weighted by atomic mass is 16.5. The number of ether oxygens (including phenoxy) is 3. The SMILES string of the molecule is C/C=C/C(=O)NCCCCCCNC(=O)CCCCCCCCCCC(=O)NC(COCCC(=O)NCCCNC(=O)CCCCC)(COCCC(=O)NCCCNC(=O)CCCCC)COCCC(=O)NCCCNC(=O)CCCCC(C)C. The van der Waals surface area contributed by atoms with Crippen LogP contribution in [0.15, 0.2) is 12.2 Å². The zero-order valence-electron chi connectivity index (χ0n) is 53.7. The fourth-order valence-electron chi connectivity index (χ4n) is 8.93. The molecule has 0 rings (SSSR count). The predicted molar refractivity (Wildman–Crippen MR) is 336 cm³/mol.